The molecule has 13 heteroatoms. The van der Waals surface area contributed by atoms with Crippen molar-refractivity contribution >= 4 is 42.7 Å². The van der Waals surface area contributed by atoms with Gasteiger partial charge >= 0.3 is 5.69 Å². The van der Waals surface area contributed by atoms with E-state index in [9.17, 15) is 26.4 Å². The largest absolute Gasteiger partial charge is 0.348 e. The topological polar surface area (TPSA) is 161 Å². The summed E-state index contributed by atoms with van der Waals surface area (Å²) in [5.74, 6) is -0.515. The normalized spacial score (nSPS) is 17.7. The molecule has 0 saturated carbocycles. The van der Waals surface area contributed by atoms with Crippen molar-refractivity contribution < 1.29 is 21.6 Å². The number of hydrogen-bond acceptors (Lipinski definition) is 6. The van der Waals surface area contributed by atoms with Crippen LogP contribution in [-0.4, -0.2) is 62.4 Å². The van der Waals surface area contributed by atoms with Gasteiger partial charge in [-0.15, -0.1) is 0 Å². The summed E-state index contributed by atoms with van der Waals surface area (Å²) in [6.07, 6.45) is 2.35. The predicted octanol–water partition coefficient (Wildman–Crippen LogP) is 0.811. The van der Waals surface area contributed by atoms with Gasteiger partial charge in [0.05, 0.1) is 33.4 Å². The summed E-state index contributed by atoms with van der Waals surface area (Å²) >= 11 is 0. The number of fused-ring (bicyclic) bond motifs is 1. The summed E-state index contributed by atoms with van der Waals surface area (Å²) in [5.41, 5.74) is 0.532. The zero-order valence-corrected chi connectivity index (χ0v) is 19.3. The first-order chi connectivity index (χ1) is 15.5. The Kier molecular flexibility index (Phi) is 6.03. The summed E-state index contributed by atoms with van der Waals surface area (Å²) in [7, 11) is -7.44. The monoisotopic (exact) mass is 493 g/mol. The summed E-state index contributed by atoms with van der Waals surface area (Å²) in [6, 6.07) is 9.89. The van der Waals surface area contributed by atoms with E-state index in [-0.39, 0.29) is 22.7 Å². The molecule has 1 aromatic heterocycles. The van der Waals surface area contributed by atoms with Crippen LogP contribution in [0.3, 0.4) is 0 Å². The lowest BCUT2D eigenvalue weighted by atomic mass is 10.1. The predicted molar refractivity (Wildman–Crippen MR) is 123 cm³/mol. The number of rotatable bonds is 6. The molecule has 11 nitrogen and oxygen atoms in total. The standard InChI is InChI=1S/C20H23N5O6S2/c1-32(28,29)25-10-4-5-13(12-25)21-19(26)15-6-2-3-7-16(15)24-33(30,31)14-8-9-17-18(11-14)23-20(27)22-17/h2-3,6-9,11,13,24H,4-5,10,12H2,1H3,(H,21,26)(H2,22,23,27). The Morgan fingerprint density at radius 2 is 1.79 bits per heavy atom. The number of H-pyrrole nitrogens is 2. The van der Waals surface area contributed by atoms with E-state index in [0.29, 0.717) is 30.4 Å². The molecule has 1 amide bonds. The Balaban J connectivity index is 1.55. The number of imidazole rings is 1. The Bertz CT molecular complexity index is 1480. The molecule has 0 spiro atoms. The van der Waals surface area contributed by atoms with E-state index in [1.165, 1.54) is 34.6 Å². The van der Waals surface area contributed by atoms with Gasteiger partial charge in [0.25, 0.3) is 15.9 Å². The van der Waals surface area contributed by atoms with E-state index >= 15 is 0 Å². The van der Waals surface area contributed by atoms with Crippen LogP contribution in [0, 0.1) is 0 Å². The molecule has 1 unspecified atom stereocenters. The molecule has 0 aliphatic carbocycles. The minimum absolute atomic E-state index is 0.0773. The van der Waals surface area contributed by atoms with Crippen LogP contribution in [-0.2, 0) is 20.0 Å². The van der Waals surface area contributed by atoms with E-state index < -0.39 is 37.7 Å². The van der Waals surface area contributed by atoms with Crippen LogP contribution in [0.4, 0.5) is 5.69 Å². The molecule has 4 rings (SSSR count). The van der Waals surface area contributed by atoms with Crippen molar-refractivity contribution in [2.24, 2.45) is 0 Å². The molecule has 1 aliphatic heterocycles. The number of carbonyl (C=O) groups excluding carboxylic acids is 1. The Morgan fingerprint density at radius 3 is 2.55 bits per heavy atom. The number of nitrogens with zero attached hydrogens (tertiary/aromatic N) is 1. The molecular formula is C20H23N5O6S2. The highest BCUT2D eigenvalue weighted by Crippen LogP contribution is 2.22. The van der Waals surface area contributed by atoms with Gasteiger partial charge in [0, 0.05) is 19.1 Å². The molecule has 1 saturated heterocycles. The lowest BCUT2D eigenvalue weighted by molar-refractivity contribution is 0.0922. The van der Waals surface area contributed by atoms with Crippen LogP contribution < -0.4 is 15.7 Å². The molecule has 1 atom stereocenters. The van der Waals surface area contributed by atoms with Crippen LogP contribution in [0.5, 0.6) is 0 Å². The molecule has 3 aromatic rings. The number of aromatic amines is 2. The summed E-state index contributed by atoms with van der Waals surface area (Å²) < 4.78 is 53.3. The summed E-state index contributed by atoms with van der Waals surface area (Å²) in [6.45, 7) is 0.561. The number of benzene rings is 2. The molecule has 1 aliphatic rings. The van der Waals surface area contributed by atoms with Gasteiger partial charge < -0.3 is 15.3 Å². The minimum Gasteiger partial charge on any atom is -0.348 e. The van der Waals surface area contributed by atoms with E-state index in [2.05, 4.69) is 20.0 Å². The van der Waals surface area contributed by atoms with Crippen molar-refractivity contribution in [2.45, 2.75) is 23.8 Å². The maximum Gasteiger partial charge on any atom is 0.323 e. The highest BCUT2D eigenvalue weighted by molar-refractivity contribution is 7.92. The maximum absolute atomic E-state index is 13.0. The van der Waals surface area contributed by atoms with Gasteiger partial charge in [-0.25, -0.2) is 25.9 Å². The number of hydrogen-bond donors (Lipinski definition) is 4. The molecule has 2 heterocycles. The van der Waals surface area contributed by atoms with Crippen LogP contribution in [0.25, 0.3) is 11.0 Å². The number of carbonyl (C=O) groups is 1. The van der Waals surface area contributed by atoms with Crippen molar-refractivity contribution in [1.29, 1.82) is 0 Å². The van der Waals surface area contributed by atoms with Crippen molar-refractivity contribution in [3.05, 3.63) is 58.5 Å². The Morgan fingerprint density at radius 1 is 1.06 bits per heavy atom. The van der Waals surface area contributed by atoms with E-state index in [4.69, 9.17) is 0 Å². The molecule has 4 N–H and O–H groups in total. The average molecular weight is 494 g/mol. The number of anilines is 1. The number of nitrogens with one attached hydrogen (secondary N) is 4. The van der Waals surface area contributed by atoms with Gasteiger partial charge in [-0.3, -0.25) is 9.52 Å². The number of para-hydroxylation sites is 1. The van der Waals surface area contributed by atoms with Crippen molar-refractivity contribution in [3.63, 3.8) is 0 Å². The lowest BCUT2D eigenvalue weighted by Gasteiger charge is -2.31. The fraction of sp³-hybridized carbons (Fsp3) is 0.300. The van der Waals surface area contributed by atoms with Crippen LogP contribution >= 0.6 is 0 Å². The number of amides is 1. The number of sulfonamides is 2. The third-order valence-corrected chi connectivity index (χ3v) is 8.03. The second-order valence-electron chi connectivity index (χ2n) is 7.87. The van der Waals surface area contributed by atoms with Crippen molar-refractivity contribution in [1.82, 2.24) is 19.6 Å². The molecule has 33 heavy (non-hydrogen) atoms. The quantitative estimate of drug-likeness (QED) is 0.397. The second kappa shape index (κ2) is 8.65. The second-order valence-corrected chi connectivity index (χ2v) is 11.5. The highest BCUT2D eigenvalue weighted by Gasteiger charge is 2.28. The van der Waals surface area contributed by atoms with Gasteiger partial charge in [-0.2, -0.15) is 0 Å². The first-order valence-electron chi connectivity index (χ1n) is 10.1. The van der Waals surface area contributed by atoms with Crippen LogP contribution in [0.1, 0.15) is 23.2 Å². The first kappa shape index (κ1) is 23.0. The highest BCUT2D eigenvalue weighted by atomic mass is 32.2. The van der Waals surface area contributed by atoms with Gasteiger partial charge in [0.1, 0.15) is 0 Å². The summed E-state index contributed by atoms with van der Waals surface area (Å²) in [4.78, 5) is 29.3. The van der Waals surface area contributed by atoms with Gasteiger partial charge in [-0.05, 0) is 43.2 Å². The molecule has 2 aromatic carbocycles. The zero-order valence-electron chi connectivity index (χ0n) is 17.7. The molecular weight excluding hydrogens is 470 g/mol. The van der Waals surface area contributed by atoms with Gasteiger partial charge in [-0.1, -0.05) is 12.1 Å². The first-order valence-corrected chi connectivity index (χ1v) is 13.5. The summed E-state index contributed by atoms with van der Waals surface area (Å²) in [5, 5.41) is 2.81. The van der Waals surface area contributed by atoms with E-state index in [0.717, 1.165) is 6.26 Å². The Labute approximate surface area is 190 Å². The molecule has 176 valence electrons. The third-order valence-electron chi connectivity index (χ3n) is 5.40. The smallest absolute Gasteiger partial charge is 0.323 e. The van der Waals surface area contributed by atoms with Gasteiger partial charge in [0.15, 0.2) is 0 Å². The van der Waals surface area contributed by atoms with Crippen molar-refractivity contribution in [2.75, 3.05) is 24.1 Å². The van der Waals surface area contributed by atoms with Crippen LogP contribution in [0.2, 0.25) is 0 Å². The minimum atomic E-state index is -4.07. The van der Waals surface area contributed by atoms with E-state index in [1.54, 1.807) is 12.1 Å². The number of piperidine rings is 1. The fourth-order valence-corrected chi connectivity index (χ4v) is 5.79. The maximum atomic E-state index is 13.0. The van der Waals surface area contributed by atoms with Crippen molar-refractivity contribution in [3.8, 4) is 0 Å². The Hall–Kier alpha value is -3.16. The molecule has 0 bridgehead atoms. The number of aromatic nitrogens is 2. The zero-order chi connectivity index (χ0) is 23.8. The van der Waals surface area contributed by atoms with Crippen LogP contribution in [0.15, 0.2) is 52.2 Å². The van der Waals surface area contributed by atoms with E-state index in [1.807, 2.05) is 0 Å². The SMILES string of the molecule is CS(=O)(=O)N1CCCC(NC(=O)c2ccccc2NS(=O)(=O)c2ccc3[nH]c(=O)[nH]c3c2)C1. The van der Waals surface area contributed by atoms with Gasteiger partial charge in [0.2, 0.25) is 10.0 Å². The lowest BCUT2D eigenvalue weighted by Crippen LogP contribution is -2.49. The fourth-order valence-electron chi connectivity index (χ4n) is 3.78. The third kappa shape index (κ3) is 5.10. The molecule has 1 fully saturated rings. The average Bonchev–Trinajstić information content (AvgIpc) is 3.12. The molecule has 0 radical (unpaired) electrons.